The van der Waals surface area contributed by atoms with Crippen molar-refractivity contribution in [3.8, 4) is 0 Å². The molecule has 0 bridgehead atoms. The van der Waals surface area contributed by atoms with E-state index in [1.54, 1.807) is 28.5 Å². The molecule has 0 aromatic heterocycles. The first-order valence-corrected chi connectivity index (χ1v) is 13.3. The molecule has 0 spiro atoms. The molecule has 13 heteroatoms. The minimum Gasteiger partial charge on any atom is -0.362 e. The summed E-state index contributed by atoms with van der Waals surface area (Å²) in [5, 5.41) is 11.7. The van der Waals surface area contributed by atoms with Gasteiger partial charge in [0.15, 0.2) is 0 Å². The molecule has 2 heterocycles. The second kappa shape index (κ2) is 10.7. The first-order chi connectivity index (χ1) is 15.7. The Balaban J connectivity index is 1.67. The lowest BCUT2D eigenvalue weighted by Gasteiger charge is -2.36. The van der Waals surface area contributed by atoms with Crippen molar-refractivity contribution in [2.75, 3.05) is 63.0 Å². The summed E-state index contributed by atoms with van der Waals surface area (Å²) in [6, 6.07) is 3.99. The Labute approximate surface area is 197 Å². The number of carbonyl (C=O) groups excluding carboxylic acids is 2. The van der Waals surface area contributed by atoms with Crippen LogP contribution in [-0.4, -0.2) is 96.7 Å². The molecule has 182 valence electrons. The second-order valence-electron chi connectivity index (χ2n) is 7.72. The van der Waals surface area contributed by atoms with E-state index < -0.39 is 14.9 Å². The molecule has 2 amide bonds. The quantitative estimate of drug-likeness (QED) is 0.372. The molecule has 2 aliphatic rings. The van der Waals surface area contributed by atoms with E-state index in [0.717, 1.165) is 11.8 Å². The molecule has 0 aliphatic carbocycles. The highest BCUT2D eigenvalue weighted by molar-refractivity contribution is 8.13. The van der Waals surface area contributed by atoms with Crippen molar-refractivity contribution in [2.24, 2.45) is 0 Å². The van der Waals surface area contributed by atoms with Gasteiger partial charge >= 0.3 is 0 Å². The van der Waals surface area contributed by atoms with Gasteiger partial charge in [-0.1, -0.05) is 25.6 Å². The summed E-state index contributed by atoms with van der Waals surface area (Å²) < 4.78 is 26.8. The zero-order valence-corrected chi connectivity index (χ0v) is 20.4. The molecule has 1 aromatic carbocycles. The number of anilines is 1. The molecule has 2 fully saturated rings. The predicted octanol–water partition coefficient (Wildman–Crippen LogP) is 1.83. The number of carbonyl (C=O) groups is 2. The lowest BCUT2D eigenvalue weighted by molar-refractivity contribution is -0.384. The van der Waals surface area contributed by atoms with Crippen LogP contribution >= 0.6 is 11.8 Å². The van der Waals surface area contributed by atoms with Gasteiger partial charge in [0.05, 0.1) is 9.82 Å². The summed E-state index contributed by atoms with van der Waals surface area (Å²) in [6.07, 6.45) is 0.254. The first-order valence-electron chi connectivity index (χ1n) is 10.9. The number of nitro benzene ring substituents is 1. The van der Waals surface area contributed by atoms with Gasteiger partial charge < -0.3 is 14.7 Å². The standard InChI is InChI=1S/C20H29N5O6S2/c1-3-24(4-2)33(30,31)16-5-6-17(18(15-16)25(28)29)21-9-11-22(12-10-21)19(26)7-8-23-13-14-32-20(23)27/h5-6,15H,3-4,7-14H2,1-2H3. The van der Waals surface area contributed by atoms with Crippen LogP contribution in [0.3, 0.4) is 0 Å². The van der Waals surface area contributed by atoms with Crippen molar-refractivity contribution in [1.82, 2.24) is 14.1 Å². The summed E-state index contributed by atoms with van der Waals surface area (Å²) >= 11 is 1.26. The van der Waals surface area contributed by atoms with Gasteiger partial charge in [0.1, 0.15) is 5.69 Å². The largest absolute Gasteiger partial charge is 0.362 e. The fourth-order valence-corrected chi connectivity index (χ4v) is 6.33. The normalized spacial score (nSPS) is 17.2. The molecule has 1 aromatic rings. The lowest BCUT2D eigenvalue weighted by Crippen LogP contribution is -2.49. The summed E-state index contributed by atoms with van der Waals surface area (Å²) in [5.41, 5.74) is 0.0679. The number of piperazine rings is 1. The van der Waals surface area contributed by atoms with Crippen LogP contribution in [-0.2, 0) is 14.8 Å². The average Bonchev–Trinajstić information content (AvgIpc) is 3.22. The number of nitro groups is 1. The van der Waals surface area contributed by atoms with Gasteiger partial charge in [-0.25, -0.2) is 8.42 Å². The summed E-state index contributed by atoms with van der Waals surface area (Å²) in [4.78, 5) is 40.4. The first kappa shape index (κ1) is 25.2. The molecule has 0 unspecified atom stereocenters. The molecule has 0 saturated carbocycles. The van der Waals surface area contributed by atoms with E-state index in [1.165, 1.54) is 28.2 Å². The highest BCUT2D eigenvalue weighted by Gasteiger charge is 2.30. The number of hydrogen-bond donors (Lipinski definition) is 0. The molecular formula is C20H29N5O6S2. The molecule has 3 rings (SSSR count). The Morgan fingerprint density at radius 3 is 2.36 bits per heavy atom. The molecule has 0 N–H and O–H groups in total. The Morgan fingerprint density at radius 2 is 1.82 bits per heavy atom. The topological polar surface area (TPSA) is 124 Å². The van der Waals surface area contributed by atoms with Gasteiger partial charge in [0.2, 0.25) is 15.9 Å². The fourth-order valence-electron chi connectivity index (χ4n) is 4.00. The third-order valence-electron chi connectivity index (χ3n) is 5.90. The van der Waals surface area contributed by atoms with Crippen molar-refractivity contribution in [3.63, 3.8) is 0 Å². The van der Waals surface area contributed by atoms with Crippen LogP contribution in [0.4, 0.5) is 16.2 Å². The van der Waals surface area contributed by atoms with E-state index in [0.29, 0.717) is 45.0 Å². The molecule has 0 radical (unpaired) electrons. The number of hydrogen-bond acceptors (Lipinski definition) is 8. The molecule has 2 aliphatic heterocycles. The van der Waals surface area contributed by atoms with Crippen LogP contribution in [0.25, 0.3) is 0 Å². The lowest BCUT2D eigenvalue weighted by atomic mass is 10.2. The van der Waals surface area contributed by atoms with Gasteiger partial charge in [-0.05, 0) is 12.1 Å². The number of thioether (sulfide) groups is 1. The van der Waals surface area contributed by atoms with Crippen LogP contribution in [0.2, 0.25) is 0 Å². The predicted molar refractivity (Wildman–Crippen MR) is 126 cm³/mol. The Hall–Kier alpha value is -2.38. The van der Waals surface area contributed by atoms with E-state index in [9.17, 15) is 28.1 Å². The molecule has 2 saturated heterocycles. The zero-order valence-electron chi connectivity index (χ0n) is 18.8. The number of sulfonamides is 1. The third-order valence-corrected chi connectivity index (χ3v) is 8.84. The van der Waals surface area contributed by atoms with E-state index in [-0.39, 0.29) is 41.2 Å². The van der Waals surface area contributed by atoms with Gasteiger partial charge in [0.25, 0.3) is 10.9 Å². The Bertz CT molecular complexity index is 1010. The number of benzene rings is 1. The average molecular weight is 500 g/mol. The highest BCUT2D eigenvalue weighted by Crippen LogP contribution is 2.32. The van der Waals surface area contributed by atoms with Crippen molar-refractivity contribution in [2.45, 2.75) is 25.2 Å². The zero-order chi connectivity index (χ0) is 24.2. The van der Waals surface area contributed by atoms with Gasteiger partial charge in [-0.15, -0.1) is 0 Å². The fraction of sp³-hybridized carbons (Fsp3) is 0.600. The van der Waals surface area contributed by atoms with Crippen LogP contribution in [0.15, 0.2) is 23.1 Å². The van der Waals surface area contributed by atoms with Crippen molar-refractivity contribution in [1.29, 1.82) is 0 Å². The van der Waals surface area contributed by atoms with Gasteiger partial charge in [-0.3, -0.25) is 19.7 Å². The monoisotopic (exact) mass is 499 g/mol. The van der Waals surface area contributed by atoms with Crippen molar-refractivity contribution in [3.05, 3.63) is 28.3 Å². The SMILES string of the molecule is CCN(CC)S(=O)(=O)c1ccc(N2CCN(C(=O)CCN3CCSC3=O)CC2)c([N+](=O)[O-])c1. The molecule has 33 heavy (non-hydrogen) atoms. The molecule has 11 nitrogen and oxygen atoms in total. The van der Waals surface area contributed by atoms with Gasteiger partial charge in [0, 0.05) is 70.6 Å². The van der Waals surface area contributed by atoms with Gasteiger partial charge in [-0.2, -0.15) is 4.31 Å². The van der Waals surface area contributed by atoms with Crippen LogP contribution < -0.4 is 4.90 Å². The van der Waals surface area contributed by atoms with Crippen LogP contribution in [0.5, 0.6) is 0 Å². The number of amides is 2. The summed E-state index contributed by atoms with van der Waals surface area (Å²) in [7, 11) is -3.81. The summed E-state index contributed by atoms with van der Waals surface area (Å²) in [5.74, 6) is 0.703. The minimum atomic E-state index is -3.81. The maximum absolute atomic E-state index is 12.8. The highest BCUT2D eigenvalue weighted by atomic mass is 32.2. The van der Waals surface area contributed by atoms with Crippen molar-refractivity contribution >= 4 is 44.3 Å². The molecule has 0 atom stereocenters. The van der Waals surface area contributed by atoms with E-state index in [2.05, 4.69) is 0 Å². The smallest absolute Gasteiger partial charge is 0.293 e. The Kier molecular flexibility index (Phi) is 8.19. The van der Waals surface area contributed by atoms with E-state index >= 15 is 0 Å². The molecular weight excluding hydrogens is 470 g/mol. The van der Waals surface area contributed by atoms with Crippen molar-refractivity contribution < 1.29 is 22.9 Å². The van der Waals surface area contributed by atoms with Crippen LogP contribution in [0, 0.1) is 10.1 Å². The Morgan fingerprint density at radius 1 is 1.15 bits per heavy atom. The third kappa shape index (κ3) is 5.58. The van der Waals surface area contributed by atoms with E-state index in [4.69, 9.17) is 0 Å². The van der Waals surface area contributed by atoms with Crippen LogP contribution in [0.1, 0.15) is 20.3 Å². The van der Waals surface area contributed by atoms with E-state index in [1.807, 2.05) is 0 Å². The maximum Gasteiger partial charge on any atom is 0.293 e. The maximum atomic E-state index is 12.8. The second-order valence-corrected chi connectivity index (χ2v) is 10.7. The minimum absolute atomic E-state index is 0.00591. The number of rotatable bonds is 9. The summed E-state index contributed by atoms with van der Waals surface area (Å²) in [6.45, 7) is 6.63. The number of nitrogens with zero attached hydrogens (tertiary/aromatic N) is 5.